The van der Waals surface area contributed by atoms with E-state index in [-0.39, 0.29) is 22.8 Å². The van der Waals surface area contributed by atoms with Crippen LogP contribution in [0.15, 0.2) is 23.1 Å². The topological polar surface area (TPSA) is 123 Å². The van der Waals surface area contributed by atoms with E-state index in [1.54, 1.807) is 6.92 Å². The highest BCUT2D eigenvalue weighted by Gasteiger charge is 2.18. The number of aryl methyl sites for hydroxylation is 1. The molecule has 0 aliphatic heterocycles. The maximum absolute atomic E-state index is 12.4. The number of nitrogens with zero attached hydrogens (tertiary/aromatic N) is 1. The molecule has 2 aromatic rings. The van der Waals surface area contributed by atoms with Gasteiger partial charge < -0.3 is 15.2 Å². The molecular weight excluding hydrogens is 368 g/mol. The number of carboxylic acid groups (broad SMARTS) is 1. The number of sulfone groups is 1. The molecule has 0 radical (unpaired) electrons. The highest BCUT2D eigenvalue weighted by molar-refractivity contribution is 7.90. The number of methoxy groups -OCH3 is 1. The average molecular weight is 384 g/mol. The van der Waals surface area contributed by atoms with E-state index < -0.39 is 21.7 Å². The second kappa shape index (κ2) is 7.30. The van der Waals surface area contributed by atoms with Crippen LogP contribution in [0.3, 0.4) is 0 Å². The average Bonchev–Trinajstić information content (AvgIpc) is 2.87. The normalized spacial score (nSPS) is 11.3. The Morgan fingerprint density at radius 2 is 2.00 bits per heavy atom. The summed E-state index contributed by atoms with van der Waals surface area (Å²) in [5.74, 6) is -1.79. The van der Waals surface area contributed by atoms with Gasteiger partial charge in [0.05, 0.1) is 22.8 Å². The minimum absolute atomic E-state index is 0.0754. The van der Waals surface area contributed by atoms with Crippen LogP contribution in [0.4, 0.5) is 5.69 Å². The van der Waals surface area contributed by atoms with Gasteiger partial charge >= 0.3 is 5.97 Å². The zero-order chi connectivity index (χ0) is 18.8. The van der Waals surface area contributed by atoms with Gasteiger partial charge in [0.1, 0.15) is 9.88 Å². The Balaban J connectivity index is 2.37. The Morgan fingerprint density at radius 3 is 2.56 bits per heavy atom. The first-order valence-corrected chi connectivity index (χ1v) is 9.67. The molecule has 0 saturated heterocycles. The first-order valence-electron chi connectivity index (χ1n) is 6.97. The highest BCUT2D eigenvalue weighted by Crippen LogP contribution is 2.23. The van der Waals surface area contributed by atoms with Crippen LogP contribution in [0, 0.1) is 6.92 Å². The molecule has 8 nitrogen and oxygen atoms in total. The Labute approximate surface area is 148 Å². The molecule has 2 rings (SSSR count). The zero-order valence-electron chi connectivity index (χ0n) is 13.7. The van der Waals surface area contributed by atoms with Crippen molar-refractivity contribution in [2.24, 2.45) is 0 Å². The molecule has 0 bridgehead atoms. The van der Waals surface area contributed by atoms with Crippen molar-refractivity contribution in [2.45, 2.75) is 18.4 Å². The van der Waals surface area contributed by atoms with Crippen LogP contribution in [0.5, 0.6) is 0 Å². The van der Waals surface area contributed by atoms with E-state index in [9.17, 15) is 18.0 Å². The summed E-state index contributed by atoms with van der Waals surface area (Å²) in [6.45, 7) is 1.94. The Bertz CT molecular complexity index is 933. The van der Waals surface area contributed by atoms with E-state index in [1.165, 1.54) is 19.2 Å². The molecule has 0 saturated carbocycles. The number of hydrogen-bond acceptors (Lipinski definition) is 7. The van der Waals surface area contributed by atoms with Crippen LogP contribution < -0.4 is 5.32 Å². The number of thiazole rings is 1. The summed E-state index contributed by atoms with van der Waals surface area (Å²) in [5, 5.41) is 12.3. The fourth-order valence-corrected chi connectivity index (χ4v) is 3.66. The number of anilines is 1. The smallest absolute Gasteiger partial charge is 0.335 e. The number of carbonyl (C=O) groups excluding carboxylic acids is 1. The molecular formula is C15H16N2O6S2. The minimum atomic E-state index is -3.63. The van der Waals surface area contributed by atoms with Crippen LogP contribution in [-0.2, 0) is 21.2 Å². The predicted molar refractivity (Wildman–Crippen MR) is 92.0 cm³/mol. The lowest BCUT2D eigenvalue weighted by Gasteiger charge is -2.08. The summed E-state index contributed by atoms with van der Waals surface area (Å²) in [7, 11) is -2.12. The molecule has 0 fully saturated rings. The van der Waals surface area contributed by atoms with Crippen LogP contribution in [0.1, 0.15) is 30.7 Å². The number of hydrogen-bond donors (Lipinski definition) is 2. The van der Waals surface area contributed by atoms with E-state index >= 15 is 0 Å². The molecule has 1 aromatic carbocycles. The number of ether oxygens (including phenoxy) is 1. The summed E-state index contributed by atoms with van der Waals surface area (Å²) >= 11 is 1.15. The largest absolute Gasteiger partial charge is 0.478 e. The van der Waals surface area contributed by atoms with Gasteiger partial charge in [0, 0.05) is 19.1 Å². The van der Waals surface area contributed by atoms with Crippen molar-refractivity contribution in [3.05, 3.63) is 39.3 Å². The van der Waals surface area contributed by atoms with Crippen LogP contribution in [-0.4, -0.2) is 43.8 Å². The first-order chi connectivity index (χ1) is 11.6. The third-order valence-corrected chi connectivity index (χ3v) is 5.38. The van der Waals surface area contributed by atoms with Gasteiger partial charge in [0.2, 0.25) is 0 Å². The van der Waals surface area contributed by atoms with Gasteiger partial charge in [-0.3, -0.25) is 4.79 Å². The van der Waals surface area contributed by atoms with Crippen LogP contribution in [0.2, 0.25) is 0 Å². The fourth-order valence-electron chi connectivity index (χ4n) is 2.04. The second-order valence-electron chi connectivity index (χ2n) is 5.23. The number of aromatic nitrogens is 1. The number of benzene rings is 1. The lowest BCUT2D eigenvalue weighted by atomic mass is 10.2. The minimum Gasteiger partial charge on any atom is -0.478 e. The lowest BCUT2D eigenvalue weighted by Crippen LogP contribution is -2.13. The van der Waals surface area contributed by atoms with Crippen LogP contribution in [0.25, 0.3) is 0 Å². The van der Waals surface area contributed by atoms with E-state index in [1.807, 2.05) is 0 Å². The number of nitrogens with one attached hydrogen (secondary N) is 1. The van der Waals surface area contributed by atoms with Crippen molar-refractivity contribution in [3.8, 4) is 0 Å². The molecule has 1 amide bonds. The van der Waals surface area contributed by atoms with Crippen LogP contribution >= 0.6 is 11.3 Å². The summed E-state index contributed by atoms with van der Waals surface area (Å²) in [6.07, 6.45) is 0.962. The maximum Gasteiger partial charge on any atom is 0.335 e. The third-order valence-electron chi connectivity index (χ3n) is 3.15. The molecule has 1 aromatic heterocycles. The van der Waals surface area contributed by atoms with Crippen molar-refractivity contribution in [3.63, 3.8) is 0 Å². The molecule has 0 atom stereocenters. The Morgan fingerprint density at radius 1 is 1.32 bits per heavy atom. The van der Waals surface area contributed by atoms with Crippen molar-refractivity contribution in [1.29, 1.82) is 0 Å². The second-order valence-corrected chi connectivity index (χ2v) is 8.33. The summed E-state index contributed by atoms with van der Waals surface area (Å²) in [5.41, 5.74) is 0.345. The molecule has 134 valence electrons. The van der Waals surface area contributed by atoms with Gasteiger partial charge in [-0.05, 0) is 25.1 Å². The summed E-state index contributed by atoms with van der Waals surface area (Å²) < 4.78 is 28.4. The SMILES string of the molecule is COCc1nc(C)c(C(=O)Nc2cc(C(=O)O)cc(S(C)(=O)=O)c2)s1. The van der Waals surface area contributed by atoms with E-state index in [4.69, 9.17) is 9.84 Å². The van der Waals surface area contributed by atoms with Crippen molar-refractivity contribution < 1.29 is 27.9 Å². The summed E-state index contributed by atoms with van der Waals surface area (Å²) in [6, 6.07) is 3.45. The molecule has 0 aliphatic carbocycles. The number of carboxylic acids is 1. The third kappa shape index (κ3) is 4.62. The van der Waals surface area contributed by atoms with Gasteiger partial charge in [-0.25, -0.2) is 18.2 Å². The fraction of sp³-hybridized carbons (Fsp3) is 0.267. The van der Waals surface area contributed by atoms with Crippen molar-refractivity contribution >= 4 is 38.7 Å². The molecule has 0 unspecified atom stereocenters. The maximum atomic E-state index is 12.4. The van der Waals surface area contributed by atoms with Gasteiger partial charge in [-0.2, -0.15) is 0 Å². The highest BCUT2D eigenvalue weighted by atomic mass is 32.2. The lowest BCUT2D eigenvalue weighted by molar-refractivity contribution is 0.0696. The standard InChI is InChI=1S/C15H16N2O6S2/c1-8-13(24-12(16-8)7-23-2)14(18)17-10-4-9(15(19)20)5-11(6-10)25(3,21)22/h4-6H,7H2,1-3H3,(H,17,18)(H,19,20). The summed E-state index contributed by atoms with van der Waals surface area (Å²) in [4.78, 5) is 28.0. The molecule has 25 heavy (non-hydrogen) atoms. The monoisotopic (exact) mass is 384 g/mol. The van der Waals surface area contributed by atoms with E-state index in [0.717, 1.165) is 23.7 Å². The van der Waals surface area contributed by atoms with E-state index in [0.29, 0.717) is 15.6 Å². The Kier molecular flexibility index (Phi) is 5.55. The molecule has 10 heteroatoms. The zero-order valence-corrected chi connectivity index (χ0v) is 15.3. The predicted octanol–water partition coefficient (Wildman–Crippen LogP) is 1.95. The number of amides is 1. The van der Waals surface area contributed by atoms with Crippen molar-refractivity contribution in [1.82, 2.24) is 4.98 Å². The number of rotatable bonds is 6. The molecule has 1 heterocycles. The van der Waals surface area contributed by atoms with Crippen molar-refractivity contribution in [2.75, 3.05) is 18.7 Å². The van der Waals surface area contributed by atoms with Gasteiger partial charge in [-0.1, -0.05) is 0 Å². The molecule has 0 spiro atoms. The van der Waals surface area contributed by atoms with Gasteiger partial charge in [0.15, 0.2) is 9.84 Å². The first kappa shape index (κ1) is 19.0. The van der Waals surface area contributed by atoms with E-state index in [2.05, 4.69) is 10.3 Å². The van der Waals surface area contributed by atoms with Gasteiger partial charge in [0.25, 0.3) is 5.91 Å². The van der Waals surface area contributed by atoms with Gasteiger partial charge in [-0.15, -0.1) is 11.3 Å². The molecule has 2 N–H and O–H groups in total. The number of aromatic carboxylic acids is 1. The quantitative estimate of drug-likeness (QED) is 0.780. The number of carbonyl (C=O) groups is 2. The molecule has 0 aliphatic rings. The Hall–Kier alpha value is -2.30.